The predicted octanol–water partition coefficient (Wildman–Crippen LogP) is 5.19. The number of ether oxygens (including phenoxy) is 2. The van der Waals surface area contributed by atoms with Crippen molar-refractivity contribution in [2.45, 2.75) is 19.8 Å². The number of nitro benzene ring substituents is 1. The van der Waals surface area contributed by atoms with Crippen LogP contribution in [0.4, 0.5) is 11.4 Å². The van der Waals surface area contributed by atoms with E-state index in [1.165, 1.54) is 37.5 Å². The minimum absolute atomic E-state index is 0.0343. The topological polar surface area (TPSA) is 120 Å². The number of benzene rings is 3. The lowest BCUT2D eigenvalue weighted by atomic mass is 10.1. The van der Waals surface area contributed by atoms with Crippen molar-refractivity contribution >= 4 is 29.3 Å². The second-order valence-electron chi connectivity index (χ2n) is 7.77. The third-order valence-corrected chi connectivity index (χ3v) is 5.14. The predicted molar refractivity (Wildman–Crippen MR) is 137 cm³/mol. The number of anilines is 1. The molecule has 0 spiro atoms. The van der Waals surface area contributed by atoms with Crippen LogP contribution >= 0.6 is 0 Å². The summed E-state index contributed by atoms with van der Waals surface area (Å²) in [6, 6.07) is 19.0. The van der Waals surface area contributed by atoms with Crippen LogP contribution in [0, 0.1) is 10.1 Å². The molecule has 36 heavy (non-hydrogen) atoms. The molecule has 2 N–H and O–H groups in total. The lowest BCUT2D eigenvalue weighted by Gasteiger charge is -2.12. The highest BCUT2D eigenvalue weighted by molar-refractivity contribution is 6.10. The molecule has 9 nitrogen and oxygen atoms in total. The van der Waals surface area contributed by atoms with Crippen LogP contribution in [0.25, 0.3) is 6.08 Å². The number of carbonyl (C=O) groups is 2. The van der Waals surface area contributed by atoms with Crippen molar-refractivity contribution in [2.24, 2.45) is 0 Å². The Morgan fingerprint density at radius 2 is 1.58 bits per heavy atom. The highest BCUT2D eigenvalue weighted by Crippen LogP contribution is 2.18. The molecule has 3 aromatic rings. The van der Waals surface area contributed by atoms with Gasteiger partial charge in [0.1, 0.15) is 17.2 Å². The number of amides is 2. The highest BCUT2D eigenvalue weighted by Gasteiger charge is 2.16. The van der Waals surface area contributed by atoms with Gasteiger partial charge in [0.2, 0.25) is 0 Å². The Labute approximate surface area is 208 Å². The molecule has 0 unspecified atom stereocenters. The number of unbranched alkanes of at least 4 members (excludes halogenated alkanes) is 1. The van der Waals surface area contributed by atoms with E-state index in [1.807, 2.05) is 0 Å². The Kier molecular flexibility index (Phi) is 9.16. The molecule has 0 atom stereocenters. The van der Waals surface area contributed by atoms with Gasteiger partial charge in [-0.15, -0.1) is 0 Å². The fourth-order valence-corrected chi connectivity index (χ4v) is 3.12. The van der Waals surface area contributed by atoms with Gasteiger partial charge in [-0.2, -0.15) is 0 Å². The van der Waals surface area contributed by atoms with Crippen molar-refractivity contribution in [2.75, 3.05) is 19.0 Å². The zero-order valence-electron chi connectivity index (χ0n) is 20.0. The first-order valence-electron chi connectivity index (χ1n) is 11.4. The van der Waals surface area contributed by atoms with Crippen LogP contribution in [0.1, 0.15) is 35.7 Å². The summed E-state index contributed by atoms with van der Waals surface area (Å²) in [6.45, 7) is 2.67. The number of hydrogen-bond acceptors (Lipinski definition) is 6. The van der Waals surface area contributed by atoms with Crippen molar-refractivity contribution in [3.05, 3.63) is 99.7 Å². The highest BCUT2D eigenvalue weighted by atomic mass is 16.6. The van der Waals surface area contributed by atoms with Gasteiger partial charge in [0.05, 0.1) is 18.6 Å². The number of non-ortho nitro benzene ring substituents is 1. The van der Waals surface area contributed by atoms with Crippen molar-refractivity contribution in [3.63, 3.8) is 0 Å². The molecule has 0 saturated heterocycles. The Morgan fingerprint density at radius 3 is 2.17 bits per heavy atom. The number of nitrogens with one attached hydrogen (secondary N) is 2. The summed E-state index contributed by atoms with van der Waals surface area (Å²) in [6.07, 6.45) is 3.40. The molecule has 0 heterocycles. The van der Waals surface area contributed by atoms with Gasteiger partial charge in [-0.25, -0.2) is 0 Å². The molecule has 0 bridgehead atoms. The average molecular weight is 490 g/mol. The molecule has 0 aliphatic rings. The minimum atomic E-state index is -0.564. The molecule has 186 valence electrons. The Morgan fingerprint density at radius 1 is 0.944 bits per heavy atom. The SMILES string of the molecule is CCCCOc1ccc(C(=O)N/C(=C/c2ccc([N+](=O)[O-])cc2)C(=O)Nc2ccc(OC)cc2)cc1. The van der Waals surface area contributed by atoms with Gasteiger partial charge >= 0.3 is 0 Å². The fourth-order valence-electron chi connectivity index (χ4n) is 3.12. The summed E-state index contributed by atoms with van der Waals surface area (Å²) >= 11 is 0. The van der Waals surface area contributed by atoms with Gasteiger partial charge < -0.3 is 20.1 Å². The fraction of sp³-hybridized carbons (Fsp3) is 0.185. The third kappa shape index (κ3) is 7.42. The minimum Gasteiger partial charge on any atom is -0.497 e. The molecule has 3 aromatic carbocycles. The van der Waals surface area contributed by atoms with E-state index >= 15 is 0 Å². The van der Waals surface area contributed by atoms with Crippen LogP contribution in [0.5, 0.6) is 11.5 Å². The molecule has 9 heteroatoms. The first-order valence-corrected chi connectivity index (χ1v) is 11.4. The number of rotatable bonds is 11. The lowest BCUT2D eigenvalue weighted by Crippen LogP contribution is -2.30. The Balaban J connectivity index is 1.81. The standard InChI is InChI=1S/C27H27N3O6/c1-3-4-17-36-24-13-7-20(8-14-24)26(31)29-25(18-19-5-11-22(12-6-19)30(33)34)27(32)28-21-9-15-23(35-2)16-10-21/h5-16,18H,3-4,17H2,1-2H3,(H,28,32)(H,29,31)/b25-18+. The monoisotopic (exact) mass is 489 g/mol. The number of nitro groups is 1. The van der Waals surface area contributed by atoms with Gasteiger partial charge in [-0.05, 0) is 78.7 Å². The van der Waals surface area contributed by atoms with Crippen LogP contribution < -0.4 is 20.1 Å². The summed E-state index contributed by atoms with van der Waals surface area (Å²) in [5.74, 6) is 0.225. The molecule has 0 radical (unpaired) electrons. The van der Waals surface area contributed by atoms with E-state index in [-0.39, 0.29) is 11.4 Å². The smallest absolute Gasteiger partial charge is 0.272 e. The summed E-state index contributed by atoms with van der Waals surface area (Å²) in [4.78, 5) is 36.4. The van der Waals surface area contributed by atoms with Crippen molar-refractivity contribution in [3.8, 4) is 11.5 Å². The third-order valence-electron chi connectivity index (χ3n) is 5.14. The first-order chi connectivity index (χ1) is 17.4. The number of carbonyl (C=O) groups excluding carboxylic acids is 2. The normalized spacial score (nSPS) is 10.9. The van der Waals surface area contributed by atoms with E-state index in [4.69, 9.17) is 9.47 Å². The van der Waals surface area contributed by atoms with E-state index < -0.39 is 16.7 Å². The largest absolute Gasteiger partial charge is 0.497 e. The van der Waals surface area contributed by atoms with Crippen molar-refractivity contribution in [1.82, 2.24) is 5.32 Å². The first kappa shape index (κ1) is 26.0. The summed E-state index contributed by atoms with van der Waals surface area (Å²) < 4.78 is 10.8. The van der Waals surface area contributed by atoms with E-state index in [0.29, 0.717) is 34.9 Å². The van der Waals surface area contributed by atoms with E-state index in [1.54, 1.807) is 48.5 Å². The summed E-state index contributed by atoms with van der Waals surface area (Å²) in [5.41, 5.74) is 1.22. The molecule has 0 aliphatic carbocycles. The van der Waals surface area contributed by atoms with Crippen LogP contribution in [-0.4, -0.2) is 30.5 Å². The van der Waals surface area contributed by atoms with Crippen LogP contribution in [0.3, 0.4) is 0 Å². The molecule has 0 aliphatic heterocycles. The van der Waals surface area contributed by atoms with Gasteiger partial charge in [0.15, 0.2) is 0 Å². The molecule has 2 amide bonds. The van der Waals surface area contributed by atoms with Crippen molar-refractivity contribution < 1.29 is 24.0 Å². The van der Waals surface area contributed by atoms with Gasteiger partial charge in [0.25, 0.3) is 17.5 Å². The molecule has 0 fully saturated rings. The van der Waals surface area contributed by atoms with E-state index in [0.717, 1.165) is 12.8 Å². The second-order valence-corrected chi connectivity index (χ2v) is 7.77. The molecule has 3 rings (SSSR count). The van der Waals surface area contributed by atoms with Crippen LogP contribution in [-0.2, 0) is 4.79 Å². The second kappa shape index (κ2) is 12.7. The molecule has 0 aromatic heterocycles. The maximum absolute atomic E-state index is 13.1. The lowest BCUT2D eigenvalue weighted by molar-refractivity contribution is -0.384. The zero-order chi connectivity index (χ0) is 25.9. The molecular formula is C27H27N3O6. The number of hydrogen-bond donors (Lipinski definition) is 2. The maximum Gasteiger partial charge on any atom is 0.272 e. The van der Waals surface area contributed by atoms with Gasteiger partial charge in [-0.1, -0.05) is 13.3 Å². The average Bonchev–Trinajstić information content (AvgIpc) is 2.89. The summed E-state index contributed by atoms with van der Waals surface area (Å²) in [7, 11) is 1.54. The van der Waals surface area contributed by atoms with E-state index in [2.05, 4.69) is 17.6 Å². The van der Waals surface area contributed by atoms with Gasteiger partial charge in [0, 0.05) is 23.4 Å². The Hall–Kier alpha value is -4.66. The van der Waals surface area contributed by atoms with Crippen LogP contribution in [0.2, 0.25) is 0 Å². The summed E-state index contributed by atoms with van der Waals surface area (Å²) in [5, 5.41) is 16.3. The Bertz CT molecular complexity index is 1220. The molecular weight excluding hydrogens is 462 g/mol. The molecule has 0 saturated carbocycles. The number of nitrogens with zero attached hydrogens (tertiary/aromatic N) is 1. The zero-order valence-corrected chi connectivity index (χ0v) is 20.0. The number of methoxy groups -OCH3 is 1. The van der Waals surface area contributed by atoms with E-state index in [9.17, 15) is 19.7 Å². The van der Waals surface area contributed by atoms with Crippen molar-refractivity contribution in [1.29, 1.82) is 0 Å². The van der Waals surface area contributed by atoms with Crippen LogP contribution in [0.15, 0.2) is 78.5 Å². The maximum atomic E-state index is 13.1. The van der Waals surface area contributed by atoms with Gasteiger partial charge in [-0.3, -0.25) is 19.7 Å². The quantitative estimate of drug-likeness (QED) is 0.165.